The van der Waals surface area contributed by atoms with E-state index in [0.29, 0.717) is 36.6 Å². The number of amides is 1. The number of carbonyl (C=O) groups excluding carboxylic acids is 1. The summed E-state index contributed by atoms with van der Waals surface area (Å²) in [4.78, 5) is 16.2. The molecule has 24 heavy (non-hydrogen) atoms. The van der Waals surface area contributed by atoms with Gasteiger partial charge in [0.2, 0.25) is 5.91 Å². The van der Waals surface area contributed by atoms with Crippen molar-refractivity contribution in [2.75, 3.05) is 39.3 Å². The fraction of sp³-hybridized carbons (Fsp3) is 0.611. The van der Waals surface area contributed by atoms with Crippen LogP contribution in [0.4, 0.5) is 0 Å². The zero-order valence-electron chi connectivity index (χ0n) is 13.9. The fourth-order valence-corrected chi connectivity index (χ4v) is 3.11. The Kier molecular flexibility index (Phi) is 6.11. The van der Waals surface area contributed by atoms with Crippen LogP contribution >= 0.6 is 11.6 Å². The first kappa shape index (κ1) is 17.7. The van der Waals surface area contributed by atoms with Gasteiger partial charge in [-0.25, -0.2) is 0 Å². The lowest BCUT2D eigenvalue weighted by Crippen LogP contribution is -2.51. The Morgan fingerprint density at radius 2 is 1.88 bits per heavy atom. The lowest BCUT2D eigenvalue weighted by Gasteiger charge is -2.35. The minimum Gasteiger partial charge on any atom is -0.389 e. The van der Waals surface area contributed by atoms with E-state index in [1.807, 2.05) is 29.2 Å². The molecular formula is C18H25ClN2O3. The van der Waals surface area contributed by atoms with Crippen molar-refractivity contribution in [3.05, 3.63) is 34.9 Å². The van der Waals surface area contributed by atoms with Gasteiger partial charge in [-0.15, -0.1) is 0 Å². The summed E-state index contributed by atoms with van der Waals surface area (Å²) < 4.78 is 5.58. The van der Waals surface area contributed by atoms with Gasteiger partial charge < -0.3 is 14.7 Å². The molecule has 1 heterocycles. The van der Waals surface area contributed by atoms with E-state index in [-0.39, 0.29) is 0 Å². The molecule has 1 saturated heterocycles. The Labute approximate surface area is 148 Å². The summed E-state index contributed by atoms with van der Waals surface area (Å²) in [7, 11) is 0. The lowest BCUT2D eigenvalue weighted by atomic mass is 10.2. The predicted octanol–water partition coefficient (Wildman–Crippen LogP) is 1.77. The number of hydrogen-bond acceptors (Lipinski definition) is 4. The van der Waals surface area contributed by atoms with Gasteiger partial charge in [0, 0.05) is 43.7 Å². The van der Waals surface area contributed by atoms with Gasteiger partial charge in [-0.3, -0.25) is 9.69 Å². The number of benzene rings is 1. The maximum atomic E-state index is 12.0. The number of ether oxygens (including phenoxy) is 1. The van der Waals surface area contributed by atoms with Crippen LogP contribution in [0.2, 0.25) is 5.02 Å². The number of rotatable bonds is 7. The molecule has 0 bridgehead atoms. The molecule has 2 aliphatic rings. The third-order valence-corrected chi connectivity index (χ3v) is 4.82. The highest BCUT2D eigenvalue weighted by molar-refractivity contribution is 6.30. The minimum atomic E-state index is -0.511. The number of aliphatic hydroxyl groups is 1. The summed E-state index contributed by atoms with van der Waals surface area (Å²) in [6.45, 7) is 4.56. The number of hydrogen-bond donors (Lipinski definition) is 1. The second kappa shape index (κ2) is 8.30. The Hall–Kier alpha value is -1.14. The Bertz CT molecular complexity index is 540. The van der Waals surface area contributed by atoms with Gasteiger partial charge in [0.1, 0.15) is 0 Å². The van der Waals surface area contributed by atoms with Crippen LogP contribution in [0.1, 0.15) is 18.4 Å². The van der Waals surface area contributed by atoms with Crippen molar-refractivity contribution in [1.29, 1.82) is 0 Å². The molecular weight excluding hydrogens is 328 g/mol. The predicted molar refractivity (Wildman–Crippen MR) is 92.9 cm³/mol. The van der Waals surface area contributed by atoms with E-state index in [1.54, 1.807) is 0 Å². The molecule has 1 aromatic carbocycles. The first-order valence-corrected chi connectivity index (χ1v) is 9.01. The highest BCUT2D eigenvalue weighted by Gasteiger charge is 2.34. The molecule has 1 amide bonds. The number of piperazine rings is 1. The summed E-state index contributed by atoms with van der Waals surface area (Å²) in [6.07, 6.45) is 1.61. The second-order valence-corrected chi connectivity index (χ2v) is 7.13. The second-order valence-electron chi connectivity index (χ2n) is 6.70. The quantitative estimate of drug-likeness (QED) is 0.812. The summed E-state index contributed by atoms with van der Waals surface area (Å²) in [5.74, 6) is 0.616. The zero-order chi connectivity index (χ0) is 16.9. The van der Waals surface area contributed by atoms with Crippen LogP contribution in [0.3, 0.4) is 0 Å². The first-order valence-electron chi connectivity index (χ1n) is 8.63. The van der Waals surface area contributed by atoms with Gasteiger partial charge in [0.25, 0.3) is 0 Å². The maximum Gasteiger partial charge on any atom is 0.225 e. The smallest absolute Gasteiger partial charge is 0.225 e. The number of β-amino-alcohol motifs (C(OH)–C–C–N with tert-alkyl or cyclic N) is 1. The largest absolute Gasteiger partial charge is 0.389 e. The molecule has 1 aliphatic heterocycles. The molecule has 0 spiro atoms. The van der Waals surface area contributed by atoms with E-state index >= 15 is 0 Å². The van der Waals surface area contributed by atoms with Gasteiger partial charge in [-0.1, -0.05) is 23.7 Å². The van der Waals surface area contributed by atoms with Crippen LogP contribution in [0.25, 0.3) is 0 Å². The normalized spacial score (nSPS) is 20.2. The fourth-order valence-electron chi connectivity index (χ4n) is 2.98. The number of carbonyl (C=O) groups is 1. The summed E-state index contributed by atoms with van der Waals surface area (Å²) in [6, 6.07) is 7.51. The Morgan fingerprint density at radius 3 is 2.50 bits per heavy atom. The van der Waals surface area contributed by atoms with Crippen molar-refractivity contribution in [2.45, 2.75) is 25.6 Å². The van der Waals surface area contributed by atoms with E-state index in [1.165, 1.54) is 0 Å². The Morgan fingerprint density at radius 1 is 1.21 bits per heavy atom. The maximum absolute atomic E-state index is 12.0. The standard InChI is InChI=1S/C18H25ClN2O3/c19-16-5-1-14(2-6-16)12-24-13-17(22)11-20-7-9-21(10-8-20)18(23)15-3-4-15/h1-2,5-6,15,17,22H,3-4,7-13H2. The van der Waals surface area contributed by atoms with Crippen molar-refractivity contribution in [3.8, 4) is 0 Å². The zero-order valence-corrected chi connectivity index (χ0v) is 14.6. The van der Waals surface area contributed by atoms with Crippen LogP contribution < -0.4 is 0 Å². The summed E-state index contributed by atoms with van der Waals surface area (Å²) in [5.41, 5.74) is 1.04. The molecule has 0 radical (unpaired) electrons. The van der Waals surface area contributed by atoms with Gasteiger partial charge in [0.05, 0.1) is 19.3 Å². The molecule has 1 unspecified atom stereocenters. The monoisotopic (exact) mass is 352 g/mol. The molecule has 5 nitrogen and oxygen atoms in total. The average molecular weight is 353 g/mol. The summed E-state index contributed by atoms with van der Waals surface area (Å²) in [5, 5.41) is 10.8. The third kappa shape index (κ3) is 5.18. The van der Waals surface area contributed by atoms with E-state index in [9.17, 15) is 9.90 Å². The molecule has 0 aromatic heterocycles. The first-order chi connectivity index (χ1) is 11.6. The SMILES string of the molecule is O=C(C1CC1)N1CCN(CC(O)COCc2ccc(Cl)cc2)CC1. The van der Waals surface area contributed by atoms with E-state index in [2.05, 4.69) is 4.90 Å². The molecule has 1 aliphatic carbocycles. The van der Waals surface area contributed by atoms with Crippen LogP contribution in [-0.2, 0) is 16.1 Å². The lowest BCUT2D eigenvalue weighted by molar-refractivity contribution is -0.134. The van der Waals surface area contributed by atoms with Crippen molar-refractivity contribution < 1.29 is 14.6 Å². The van der Waals surface area contributed by atoms with Gasteiger partial charge >= 0.3 is 0 Å². The molecule has 1 atom stereocenters. The topological polar surface area (TPSA) is 53.0 Å². The number of halogens is 1. The highest BCUT2D eigenvalue weighted by Crippen LogP contribution is 2.31. The Balaban J connectivity index is 1.31. The van der Waals surface area contributed by atoms with Crippen LogP contribution in [0.5, 0.6) is 0 Å². The molecule has 2 fully saturated rings. The van der Waals surface area contributed by atoms with Gasteiger partial charge in [-0.2, -0.15) is 0 Å². The average Bonchev–Trinajstić information content (AvgIpc) is 3.42. The minimum absolute atomic E-state index is 0.295. The summed E-state index contributed by atoms with van der Waals surface area (Å²) >= 11 is 5.84. The molecule has 3 rings (SSSR count). The molecule has 1 N–H and O–H groups in total. The molecule has 6 heteroatoms. The van der Waals surface area contributed by atoms with E-state index < -0.39 is 6.10 Å². The van der Waals surface area contributed by atoms with Crippen LogP contribution in [0.15, 0.2) is 24.3 Å². The van der Waals surface area contributed by atoms with Crippen LogP contribution in [0, 0.1) is 5.92 Å². The molecule has 132 valence electrons. The molecule has 1 aromatic rings. The van der Waals surface area contributed by atoms with Crippen LogP contribution in [-0.4, -0.2) is 66.2 Å². The van der Waals surface area contributed by atoms with E-state index in [4.69, 9.17) is 16.3 Å². The highest BCUT2D eigenvalue weighted by atomic mass is 35.5. The van der Waals surface area contributed by atoms with Gasteiger partial charge in [-0.05, 0) is 30.5 Å². The van der Waals surface area contributed by atoms with Crippen molar-refractivity contribution in [1.82, 2.24) is 9.80 Å². The van der Waals surface area contributed by atoms with Crippen molar-refractivity contribution in [2.24, 2.45) is 5.92 Å². The van der Waals surface area contributed by atoms with Crippen molar-refractivity contribution in [3.63, 3.8) is 0 Å². The molecule has 1 saturated carbocycles. The van der Waals surface area contributed by atoms with Crippen molar-refractivity contribution >= 4 is 17.5 Å². The third-order valence-electron chi connectivity index (χ3n) is 4.57. The van der Waals surface area contributed by atoms with E-state index in [0.717, 1.165) is 44.6 Å². The number of aliphatic hydroxyl groups excluding tert-OH is 1. The number of nitrogens with zero attached hydrogens (tertiary/aromatic N) is 2. The van der Waals surface area contributed by atoms with Gasteiger partial charge in [0.15, 0.2) is 0 Å².